The second kappa shape index (κ2) is 8.20. The summed E-state index contributed by atoms with van der Waals surface area (Å²) in [5, 5.41) is 3.32. The zero-order chi connectivity index (χ0) is 20.6. The lowest BCUT2D eigenvalue weighted by Crippen LogP contribution is -2.50. The van der Waals surface area contributed by atoms with Crippen molar-refractivity contribution in [2.24, 2.45) is 23.2 Å². The van der Waals surface area contributed by atoms with Gasteiger partial charge in [-0.05, 0) is 86.2 Å². The van der Waals surface area contributed by atoms with Crippen LogP contribution in [0.15, 0.2) is 36.4 Å². The van der Waals surface area contributed by atoms with Crippen molar-refractivity contribution in [2.45, 2.75) is 63.8 Å². The number of hydrogen-bond donors (Lipinski definition) is 1. The first-order valence-corrected chi connectivity index (χ1v) is 11.9. The van der Waals surface area contributed by atoms with Crippen LogP contribution in [0.5, 0.6) is 0 Å². The summed E-state index contributed by atoms with van der Waals surface area (Å²) < 4.78 is 0. The summed E-state index contributed by atoms with van der Waals surface area (Å²) in [5.74, 6) is 3.00. The molecule has 2 amide bonds. The van der Waals surface area contributed by atoms with Crippen LogP contribution in [0.2, 0.25) is 0 Å². The molecule has 1 aromatic rings. The van der Waals surface area contributed by atoms with Gasteiger partial charge in [-0.25, -0.2) is 0 Å². The van der Waals surface area contributed by atoms with Gasteiger partial charge in [0.05, 0.1) is 0 Å². The Hall–Kier alpha value is -2.10. The molecule has 0 atom stereocenters. The minimum atomic E-state index is 0.0668. The van der Waals surface area contributed by atoms with Gasteiger partial charge in [0.2, 0.25) is 11.8 Å². The molecule has 4 saturated carbocycles. The average molecular weight is 407 g/mol. The Bertz CT molecular complexity index is 772. The van der Waals surface area contributed by atoms with Crippen molar-refractivity contribution < 1.29 is 9.59 Å². The van der Waals surface area contributed by atoms with E-state index in [4.69, 9.17) is 0 Å². The van der Waals surface area contributed by atoms with E-state index in [0.29, 0.717) is 5.41 Å². The maximum absolute atomic E-state index is 12.9. The molecule has 0 spiro atoms. The van der Waals surface area contributed by atoms with Gasteiger partial charge in [-0.3, -0.25) is 9.59 Å². The summed E-state index contributed by atoms with van der Waals surface area (Å²) in [4.78, 5) is 27.2. The minimum Gasteiger partial charge on any atom is -0.353 e. The molecular weight excluding hydrogens is 372 g/mol. The van der Waals surface area contributed by atoms with E-state index in [2.05, 4.69) is 5.32 Å². The maximum Gasteiger partial charge on any atom is 0.246 e. The van der Waals surface area contributed by atoms with Crippen LogP contribution in [0.4, 0.5) is 0 Å². The van der Waals surface area contributed by atoms with Gasteiger partial charge in [0.25, 0.3) is 0 Å². The molecule has 4 aliphatic carbocycles. The minimum absolute atomic E-state index is 0.0668. The number of piperidine rings is 1. The van der Waals surface area contributed by atoms with E-state index in [1.807, 2.05) is 41.3 Å². The SMILES string of the molecule is O=C(CC12CC3CC(CC(C3)C1)C2)NC1CCN(C(=O)/C=C/c2ccccc2)CC1. The summed E-state index contributed by atoms with van der Waals surface area (Å²) in [5.41, 5.74) is 1.34. The van der Waals surface area contributed by atoms with E-state index < -0.39 is 0 Å². The monoisotopic (exact) mass is 406 g/mol. The Morgan fingerprint density at radius 3 is 2.17 bits per heavy atom. The summed E-state index contributed by atoms with van der Waals surface area (Å²) in [6, 6.07) is 10.1. The third-order valence-electron chi connectivity index (χ3n) is 8.09. The molecule has 4 bridgehead atoms. The summed E-state index contributed by atoms with van der Waals surface area (Å²) in [7, 11) is 0. The van der Waals surface area contributed by atoms with Crippen molar-refractivity contribution >= 4 is 17.9 Å². The number of likely N-dealkylation sites (tertiary alicyclic amines) is 1. The lowest BCUT2D eigenvalue weighted by Gasteiger charge is -2.56. The Labute approximate surface area is 180 Å². The van der Waals surface area contributed by atoms with E-state index in [1.54, 1.807) is 6.08 Å². The van der Waals surface area contributed by atoms with Crippen molar-refractivity contribution in [1.29, 1.82) is 0 Å². The predicted molar refractivity (Wildman–Crippen MR) is 118 cm³/mol. The molecule has 1 heterocycles. The van der Waals surface area contributed by atoms with Crippen LogP contribution in [-0.2, 0) is 9.59 Å². The summed E-state index contributed by atoms with van der Waals surface area (Å²) in [6.07, 6.45) is 14.1. The average Bonchev–Trinajstić information content (AvgIpc) is 2.72. The van der Waals surface area contributed by atoms with Crippen LogP contribution in [0.1, 0.15) is 63.4 Å². The molecule has 1 N–H and O–H groups in total. The highest BCUT2D eigenvalue weighted by Gasteiger charge is 2.51. The molecule has 30 heavy (non-hydrogen) atoms. The molecule has 0 aromatic heterocycles. The van der Waals surface area contributed by atoms with Crippen LogP contribution < -0.4 is 5.32 Å². The standard InChI is InChI=1S/C26H34N2O2/c29-24(18-26-15-20-12-21(16-26)14-22(13-20)17-26)27-23-8-10-28(11-9-23)25(30)7-6-19-4-2-1-3-5-19/h1-7,20-23H,8-18H2,(H,27,29)/b7-6+. The molecule has 0 unspecified atom stereocenters. The molecule has 0 radical (unpaired) electrons. The zero-order valence-corrected chi connectivity index (χ0v) is 17.9. The second-order valence-corrected chi connectivity index (χ2v) is 10.5. The van der Waals surface area contributed by atoms with Gasteiger partial charge < -0.3 is 10.2 Å². The number of benzene rings is 1. The van der Waals surface area contributed by atoms with Crippen molar-refractivity contribution in [3.8, 4) is 0 Å². The summed E-state index contributed by atoms with van der Waals surface area (Å²) >= 11 is 0. The molecule has 4 nitrogen and oxygen atoms in total. The van der Waals surface area contributed by atoms with Crippen molar-refractivity contribution in [3.05, 3.63) is 42.0 Å². The zero-order valence-electron chi connectivity index (χ0n) is 17.9. The van der Waals surface area contributed by atoms with E-state index in [0.717, 1.165) is 55.7 Å². The number of carbonyl (C=O) groups excluding carboxylic acids is 2. The van der Waals surface area contributed by atoms with Crippen molar-refractivity contribution in [2.75, 3.05) is 13.1 Å². The van der Waals surface area contributed by atoms with Gasteiger partial charge in [-0.2, -0.15) is 0 Å². The number of hydrogen-bond acceptors (Lipinski definition) is 2. The molecule has 5 fully saturated rings. The van der Waals surface area contributed by atoms with E-state index >= 15 is 0 Å². The first-order chi connectivity index (χ1) is 14.6. The number of amides is 2. The van der Waals surface area contributed by atoms with E-state index in [1.165, 1.54) is 38.5 Å². The molecule has 1 aliphatic heterocycles. The molecular formula is C26H34N2O2. The lowest BCUT2D eigenvalue weighted by molar-refractivity contribution is -0.130. The predicted octanol–water partition coefficient (Wildman–Crippen LogP) is 4.41. The second-order valence-electron chi connectivity index (χ2n) is 10.5. The molecule has 1 aromatic carbocycles. The Morgan fingerprint density at radius 1 is 0.967 bits per heavy atom. The van der Waals surface area contributed by atoms with E-state index in [-0.39, 0.29) is 17.9 Å². The van der Waals surface area contributed by atoms with Crippen LogP contribution in [0.25, 0.3) is 6.08 Å². The highest BCUT2D eigenvalue weighted by Crippen LogP contribution is 2.61. The van der Waals surface area contributed by atoms with Crippen molar-refractivity contribution in [3.63, 3.8) is 0 Å². The normalized spacial score (nSPS) is 33.2. The van der Waals surface area contributed by atoms with Crippen LogP contribution >= 0.6 is 0 Å². The lowest BCUT2D eigenvalue weighted by atomic mass is 9.49. The third kappa shape index (κ3) is 4.33. The van der Waals surface area contributed by atoms with E-state index in [9.17, 15) is 9.59 Å². The Balaban J connectivity index is 1.08. The van der Waals surface area contributed by atoms with Gasteiger partial charge in [-0.15, -0.1) is 0 Å². The molecule has 160 valence electrons. The third-order valence-corrected chi connectivity index (χ3v) is 8.09. The highest BCUT2D eigenvalue weighted by molar-refractivity contribution is 5.91. The molecule has 4 heteroatoms. The number of rotatable bonds is 5. The van der Waals surface area contributed by atoms with Crippen LogP contribution in [-0.4, -0.2) is 35.8 Å². The fraction of sp³-hybridized carbons (Fsp3) is 0.615. The van der Waals surface area contributed by atoms with Crippen LogP contribution in [0.3, 0.4) is 0 Å². The number of nitrogens with one attached hydrogen (secondary N) is 1. The summed E-state index contributed by atoms with van der Waals surface area (Å²) in [6.45, 7) is 1.44. The fourth-order valence-electron chi connectivity index (χ4n) is 7.21. The quantitative estimate of drug-likeness (QED) is 0.736. The van der Waals surface area contributed by atoms with Gasteiger partial charge in [-0.1, -0.05) is 30.3 Å². The maximum atomic E-state index is 12.9. The smallest absolute Gasteiger partial charge is 0.246 e. The number of carbonyl (C=O) groups is 2. The highest BCUT2D eigenvalue weighted by atomic mass is 16.2. The van der Waals surface area contributed by atoms with Crippen LogP contribution in [0, 0.1) is 23.2 Å². The largest absolute Gasteiger partial charge is 0.353 e. The van der Waals surface area contributed by atoms with Gasteiger partial charge in [0.15, 0.2) is 0 Å². The first-order valence-electron chi connectivity index (χ1n) is 11.9. The van der Waals surface area contributed by atoms with Gasteiger partial charge in [0.1, 0.15) is 0 Å². The fourth-order valence-corrected chi connectivity index (χ4v) is 7.21. The van der Waals surface area contributed by atoms with Crippen molar-refractivity contribution in [1.82, 2.24) is 10.2 Å². The number of nitrogens with zero attached hydrogens (tertiary/aromatic N) is 1. The Kier molecular flexibility index (Phi) is 5.43. The Morgan fingerprint density at radius 2 is 1.57 bits per heavy atom. The molecule has 6 rings (SSSR count). The molecule has 5 aliphatic rings. The topological polar surface area (TPSA) is 49.4 Å². The van der Waals surface area contributed by atoms with Gasteiger partial charge in [0, 0.05) is 31.6 Å². The molecule has 1 saturated heterocycles. The first kappa shape index (κ1) is 19.8. The van der Waals surface area contributed by atoms with Gasteiger partial charge >= 0.3 is 0 Å².